The summed E-state index contributed by atoms with van der Waals surface area (Å²) in [6.07, 6.45) is 0.710. The molecular formula is C20H24INO4. The molecule has 0 heterocycles. The average molecular weight is 469 g/mol. The van der Waals surface area contributed by atoms with Gasteiger partial charge in [0.25, 0.3) is 5.91 Å². The van der Waals surface area contributed by atoms with Crippen LogP contribution >= 0.6 is 22.6 Å². The normalized spacial score (nSPS) is 10.3. The molecule has 0 saturated heterocycles. The van der Waals surface area contributed by atoms with E-state index >= 15 is 0 Å². The first-order chi connectivity index (χ1) is 12.6. The van der Waals surface area contributed by atoms with Gasteiger partial charge in [0.2, 0.25) is 0 Å². The minimum absolute atomic E-state index is 0.00751. The Kier molecular flexibility index (Phi) is 8.53. The third-order valence-corrected chi connectivity index (χ3v) is 4.18. The average Bonchev–Trinajstić information content (AvgIpc) is 2.62. The number of nitrogens with one attached hydrogen (secondary N) is 1. The first kappa shape index (κ1) is 20.4. The summed E-state index contributed by atoms with van der Waals surface area (Å²) >= 11 is 2.21. The first-order valence-corrected chi connectivity index (χ1v) is 9.73. The molecule has 0 radical (unpaired) electrons. The van der Waals surface area contributed by atoms with E-state index in [4.69, 9.17) is 14.2 Å². The van der Waals surface area contributed by atoms with Crippen LogP contribution in [-0.2, 0) is 11.2 Å². The lowest BCUT2D eigenvalue weighted by Crippen LogP contribution is -2.30. The fraction of sp³-hybridized carbons (Fsp3) is 0.350. The van der Waals surface area contributed by atoms with Gasteiger partial charge < -0.3 is 19.5 Å². The minimum atomic E-state index is -0.139. The third-order valence-electron chi connectivity index (χ3n) is 3.51. The summed E-state index contributed by atoms with van der Waals surface area (Å²) in [4.78, 5) is 11.9. The Morgan fingerprint density at radius 1 is 1.00 bits per heavy atom. The molecule has 0 aromatic heterocycles. The van der Waals surface area contributed by atoms with Gasteiger partial charge in [0, 0.05) is 10.1 Å². The van der Waals surface area contributed by atoms with Crippen LogP contribution in [0.3, 0.4) is 0 Å². The van der Waals surface area contributed by atoms with Crippen LogP contribution in [0.1, 0.15) is 19.4 Å². The molecule has 5 nitrogen and oxygen atoms in total. The number of amides is 1. The minimum Gasteiger partial charge on any atom is -0.490 e. The second kappa shape index (κ2) is 10.9. The highest BCUT2D eigenvalue weighted by molar-refractivity contribution is 14.1. The van der Waals surface area contributed by atoms with Crippen LogP contribution in [0.15, 0.2) is 42.5 Å². The van der Waals surface area contributed by atoms with E-state index in [2.05, 4.69) is 27.9 Å². The quantitative estimate of drug-likeness (QED) is 0.538. The molecule has 0 atom stereocenters. The lowest BCUT2D eigenvalue weighted by Gasteiger charge is -2.13. The molecule has 2 rings (SSSR count). The standard InChI is InChI=1S/C20H24INO4/c1-3-24-18-9-8-15(12-19(18)25-4-2)10-11-22-20(23)14-26-17-7-5-6-16(21)13-17/h5-9,12-13H,3-4,10-11,14H2,1-2H3,(H,22,23). The number of ether oxygens (including phenoxy) is 3. The first-order valence-electron chi connectivity index (χ1n) is 8.66. The van der Waals surface area contributed by atoms with E-state index in [1.54, 1.807) is 0 Å². The van der Waals surface area contributed by atoms with Gasteiger partial charge >= 0.3 is 0 Å². The molecule has 6 heteroatoms. The highest BCUT2D eigenvalue weighted by Crippen LogP contribution is 2.28. The van der Waals surface area contributed by atoms with Crippen molar-refractivity contribution >= 4 is 28.5 Å². The number of rotatable bonds is 10. The van der Waals surface area contributed by atoms with Crippen LogP contribution in [0.5, 0.6) is 17.2 Å². The zero-order valence-electron chi connectivity index (χ0n) is 15.1. The monoisotopic (exact) mass is 469 g/mol. The van der Waals surface area contributed by atoms with Crippen molar-refractivity contribution in [3.05, 3.63) is 51.6 Å². The van der Waals surface area contributed by atoms with Gasteiger partial charge in [0.15, 0.2) is 18.1 Å². The Hall–Kier alpha value is -1.96. The number of halogens is 1. The van der Waals surface area contributed by atoms with Crippen molar-refractivity contribution in [2.45, 2.75) is 20.3 Å². The Morgan fingerprint density at radius 2 is 1.77 bits per heavy atom. The molecule has 26 heavy (non-hydrogen) atoms. The van der Waals surface area contributed by atoms with Crippen LogP contribution in [-0.4, -0.2) is 32.3 Å². The number of hydrogen-bond donors (Lipinski definition) is 1. The van der Waals surface area contributed by atoms with Crippen molar-refractivity contribution in [1.82, 2.24) is 5.32 Å². The largest absolute Gasteiger partial charge is 0.490 e. The number of carbonyl (C=O) groups excluding carboxylic acids is 1. The summed E-state index contributed by atoms with van der Waals surface area (Å²) < 4.78 is 17.7. The zero-order chi connectivity index (χ0) is 18.8. The van der Waals surface area contributed by atoms with Gasteiger partial charge in [0.05, 0.1) is 13.2 Å². The van der Waals surface area contributed by atoms with E-state index in [9.17, 15) is 4.79 Å². The van der Waals surface area contributed by atoms with Crippen molar-refractivity contribution in [3.8, 4) is 17.2 Å². The molecule has 0 aliphatic rings. The van der Waals surface area contributed by atoms with E-state index in [1.807, 2.05) is 56.3 Å². The topological polar surface area (TPSA) is 56.8 Å². The summed E-state index contributed by atoms with van der Waals surface area (Å²) in [7, 11) is 0. The Bertz CT molecular complexity index is 721. The molecule has 2 aromatic carbocycles. The fourth-order valence-electron chi connectivity index (χ4n) is 2.35. The van der Waals surface area contributed by atoms with Gasteiger partial charge in [-0.25, -0.2) is 0 Å². The highest BCUT2D eigenvalue weighted by atomic mass is 127. The molecule has 1 amide bonds. The fourth-order valence-corrected chi connectivity index (χ4v) is 2.87. The summed E-state index contributed by atoms with van der Waals surface area (Å²) in [6, 6.07) is 13.5. The Balaban J connectivity index is 1.79. The van der Waals surface area contributed by atoms with E-state index in [0.29, 0.717) is 31.9 Å². The summed E-state index contributed by atoms with van der Waals surface area (Å²) in [5.74, 6) is 2.04. The van der Waals surface area contributed by atoms with Gasteiger partial charge in [-0.05, 0) is 78.8 Å². The van der Waals surface area contributed by atoms with Crippen LogP contribution in [0.2, 0.25) is 0 Å². The van der Waals surface area contributed by atoms with Crippen molar-refractivity contribution < 1.29 is 19.0 Å². The van der Waals surface area contributed by atoms with Crippen molar-refractivity contribution in [1.29, 1.82) is 0 Å². The third kappa shape index (κ3) is 6.74. The van der Waals surface area contributed by atoms with E-state index in [1.165, 1.54) is 0 Å². The molecule has 0 unspecified atom stereocenters. The van der Waals surface area contributed by atoms with E-state index in [0.717, 1.165) is 20.6 Å². The molecule has 1 N–H and O–H groups in total. The summed E-state index contributed by atoms with van der Waals surface area (Å²) in [5.41, 5.74) is 1.08. The van der Waals surface area contributed by atoms with Gasteiger partial charge in [0.1, 0.15) is 5.75 Å². The number of carbonyl (C=O) groups is 1. The number of hydrogen-bond acceptors (Lipinski definition) is 4. The SMILES string of the molecule is CCOc1ccc(CCNC(=O)COc2cccc(I)c2)cc1OCC. The lowest BCUT2D eigenvalue weighted by molar-refractivity contribution is -0.123. The molecule has 0 bridgehead atoms. The maximum absolute atomic E-state index is 11.9. The molecule has 0 aliphatic heterocycles. The molecular weight excluding hydrogens is 445 g/mol. The van der Waals surface area contributed by atoms with Crippen LogP contribution in [0.25, 0.3) is 0 Å². The second-order valence-corrected chi connectivity index (χ2v) is 6.74. The Labute approximate surface area is 168 Å². The molecule has 0 fully saturated rings. The highest BCUT2D eigenvalue weighted by Gasteiger charge is 2.07. The lowest BCUT2D eigenvalue weighted by atomic mass is 10.1. The molecule has 0 saturated carbocycles. The van der Waals surface area contributed by atoms with Crippen LogP contribution < -0.4 is 19.5 Å². The Morgan fingerprint density at radius 3 is 2.50 bits per heavy atom. The smallest absolute Gasteiger partial charge is 0.257 e. The number of benzene rings is 2. The zero-order valence-corrected chi connectivity index (χ0v) is 17.2. The predicted molar refractivity (Wildman–Crippen MR) is 110 cm³/mol. The van der Waals surface area contributed by atoms with E-state index < -0.39 is 0 Å². The molecule has 2 aromatic rings. The van der Waals surface area contributed by atoms with Crippen LogP contribution in [0.4, 0.5) is 0 Å². The van der Waals surface area contributed by atoms with Gasteiger partial charge in [-0.15, -0.1) is 0 Å². The van der Waals surface area contributed by atoms with E-state index in [-0.39, 0.29) is 12.5 Å². The van der Waals surface area contributed by atoms with Crippen molar-refractivity contribution in [2.75, 3.05) is 26.4 Å². The predicted octanol–water partition coefficient (Wildman–Crippen LogP) is 3.83. The maximum atomic E-state index is 11.9. The second-order valence-electron chi connectivity index (χ2n) is 5.49. The molecule has 0 aliphatic carbocycles. The van der Waals surface area contributed by atoms with Crippen molar-refractivity contribution in [2.24, 2.45) is 0 Å². The van der Waals surface area contributed by atoms with Gasteiger partial charge in [-0.1, -0.05) is 12.1 Å². The van der Waals surface area contributed by atoms with Crippen molar-refractivity contribution in [3.63, 3.8) is 0 Å². The van der Waals surface area contributed by atoms with Gasteiger partial charge in [-0.3, -0.25) is 4.79 Å². The summed E-state index contributed by atoms with van der Waals surface area (Å²) in [5, 5.41) is 2.87. The molecule has 140 valence electrons. The summed E-state index contributed by atoms with van der Waals surface area (Å²) in [6.45, 7) is 5.60. The van der Waals surface area contributed by atoms with Crippen LogP contribution in [0, 0.1) is 3.57 Å². The van der Waals surface area contributed by atoms with Gasteiger partial charge in [-0.2, -0.15) is 0 Å². The molecule has 0 spiro atoms. The maximum Gasteiger partial charge on any atom is 0.257 e.